The second kappa shape index (κ2) is 11.0. The van der Waals surface area contributed by atoms with Gasteiger partial charge in [0.05, 0.1) is 13.2 Å². The number of rotatable bonds is 11. The van der Waals surface area contributed by atoms with Crippen molar-refractivity contribution in [3.8, 4) is 23.0 Å². The van der Waals surface area contributed by atoms with Gasteiger partial charge in [0.2, 0.25) is 0 Å². The van der Waals surface area contributed by atoms with E-state index >= 15 is 0 Å². The first-order valence-corrected chi connectivity index (χ1v) is 11.3. The summed E-state index contributed by atoms with van der Waals surface area (Å²) in [6, 6.07) is 20.6. The van der Waals surface area contributed by atoms with Crippen molar-refractivity contribution < 1.29 is 18.6 Å². The highest BCUT2D eigenvalue weighted by molar-refractivity contribution is 5.45. The quantitative estimate of drug-likeness (QED) is 0.308. The van der Waals surface area contributed by atoms with E-state index in [-0.39, 0.29) is 17.0 Å². The Hall–Kier alpha value is -3.01. The van der Waals surface area contributed by atoms with Crippen LogP contribution in [-0.2, 0) is 11.8 Å². The smallest absolute Gasteiger partial charge is 0.165 e. The molecule has 0 unspecified atom stereocenters. The summed E-state index contributed by atoms with van der Waals surface area (Å²) >= 11 is 0. The van der Waals surface area contributed by atoms with Crippen molar-refractivity contribution in [2.24, 2.45) is 0 Å². The molecule has 0 radical (unpaired) electrons. The van der Waals surface area contributed by atoms with Crippen LogP contribution in [0.5, 0.6) is 23.0 Å². The SMILES string of the molecule is CCOc1ccc(C(C)(C)CCCc2ccc(F)c(Oc3ccccc3)c2)cc1OCC. The van der Waals surface area contributed by atoms with Crippen LogP contribution in [0, 0.1) is 5.82 Å². The Morgan fingerprint density at radius 1 is 0.781 bits per heavy atom. The van der Waals surface area contributed by atoms with Crippen molar-refractivity contribution >= 4 is 0 Å². The molecule has 3 nitrogen and oxygen atoms in total. The highest BCUT2D eigenvalue weighted by Gasteiger charge is 2.22. The van der Waals surface area contributed by atoms with Gasteiger partial charge in [0.1, 0.15) is 5.75 Å². The largest absolute Gasteiger partial charge is 0.490 e. The third-order valence-corrected chi connectivity index (χ3v) is 5.56. The van der Waals surface area contributed by atoms with Crippen molar-refractivity contribution in [1.82, 2.24) is 0 Å². The zero-order chi connectivity index (χ0) is 23.0. The minimum atomic E-state index is -0.351. The van der Waals surface area contributed by atoms with Gasteiger partial charge in [0.25, 0.3) is 0 Å². The van der Waals surface area contributed by atoms with Crippen LogP contribution >= 0.6 is 0 Å². The van der Waals surface area contributed by atoms with E-state index < -0.39 is 0 Å². The number of aryl methyl sites for hydroxylation is 1. The maximum atomic E-state index is 14.2. The monoisotopic (exact) mass is 436 g/mol. The van der Waals surface area contributed by atoms with Gasteiger partial charge in [-0.25, -0.2) is 4.39 Å². The molecule has 0 atom stereocenters. The molecule has 0 amide bonds. The lowest BCUT2D eigenvalue weighted by atomic mass is 9.79. The number of hydrogen-bond acceptors (Lipinski definition) is 3. The lowest BCUT2D eigenvalue weighted by Gasteiger charge is -2.26. The van der Waals surface area contributed by atoms with Gasteiger partial charge in [0.15, 0.2) is 23.1 Å². The summed E-state index contributed by atoms with van der Waals surface area (Å²) in [6.07, 6.45) is 2.81. The second-order valence-electron chi connectivity index (χ2n) is 8.44. The molecular formula is C28H33FO3. The molecule has 3 rings (SSSR count). The van der Waals surface area contributed by atoms with Crippen molar-refractivity contribution in [3.63, 3.8) is 0 Å². The van der Waals surface area contributed by atoms with Crippen LogP contribution in [0.4, 0.5) is 4.39 Å². The molecule has 0 aromatic heterocycles. The third-order valence-electron chi connectivity index (χ3n) is 5.56. The van der Waals surface area contributed by atoms with Crippen LogP contribution in [0.25, 0.3) is 0 Å². The predicted molar refractivity (Wildman–Crippen MR) is 128 cm³/mol. The molecule has 0 N–H and O–H groups in total. The van der Waals surface area contributed by atoms with Gasteiger partial charge in [-0.15, -0.1) is 0 Å². The van der Waals surface area contributed by atoms with E-state index in [0.29, 0.717) is 19.0 Å². The minimum Gasteiger partial charge on any atom is -0.490 e. The lowest BCUT2D eigenvalue weighted by Crippen LogP contribution is -2.17. The molecule has 32 heavy (non-hydrogen) atoms. The second-order valence-corrected chi connectivity index (χ2v) is 8.44. The van der Waals surface area contributed by atoms with Gasteiger partial charge in [-0.1, -0.05) is 44.2 Å². The summed E-state index contributed by atoms with van der Waals surface area (Å²) in [6.45, 7) is 9.64. The van der Waals surface area contributed by atoms with E-state index in [0.717, 1.165) is 36.3 Å². The van der Waals surface area contributed by atoms with Crippen LogP contribution in [-0.4, -0.2) is 13.2 Å². The number of hydrogen-bond donors (Lipinski definition) is 0. The van der Waals surface area contributed by atoms with Crippen LogP contribution in [0.1, 0.15) is 51.7 Å². The third kappa shape index (κ3) is 6.25. The van der Waals surface area contributed by atoms with E-state index in [1.54, 1.807) is 6.07 Å². The maximum absolute atomic E-state index is 14.2. The van der Waals surface area contributed by atoms with Gasteiger partial charge >= 0.3 is 0 Å². The van der Waals surface area contributed by atoms with Crippen molar-refractivity contribution in [3.05, 3.63) is 83.7 Å². The van der Waals surface area contributed by atoms with E-state index in [1.165, 1.54) is 11.6 Å². The number of halogens is 1. The van der Waals surface area contributed by atoms with E-state index in [1.807, 2.05) is 56.3 Å². The molecule has 4 heteroatoms. The van der Waals surface area contributed by atoms with Gasteiger partial charge < -0.3 is 14.2 Å². The van der Waals surface area contributed by atoms with Crippen molar-refractivity contribution in [2.75, 3.05) is 13.2 Å². The Labute approximate surface area is 191 Å². The molecule has 0 fully saturated rings. The molecule has 170 valence electrons. The number of benzene rings is 3. The molecule has 0 spiro atoms. The zero-order valence-electron chi connectivity index (χ0n) is 19.5. The summed E-state index contributed by atoms with van der Waals surface area (Å²) in [7, 11) is 0. The van der Waals surface area contributed by atoms with Crippen LogP contribution in [0.2, 0.25) is 0 Å². The first kappa shape index (κ1) is 23.6. The highest BCUT2D eigenvalue weighted by Crippen LogP contribution is 2.36. The topological polar surface area (TPSA) is 27.7 Å². The molecule has 0 saturated carbocycles. The van der Waals surface area contributed by atoms with Crippen molar-refractivity contribution in [1.29, 1.82) is 0 Å². The number of para-hydroxylation sites is 1. The Morgan fingerprint density at radius 2 is 1.50 bits per heavy atom. The summed E-state index contributed by atoms with van der Waals surface area (Å²) < 4.78 is 31.5. The summed E-state index contributed by atoms with van der Waals surface area (Å²) in [5.74, 6) is 2.12. The van der Waals surface area contributed by atoms with Crippen molar-refractivity contribution in [2.45, 2.75) is 52.4 Å². The normalized spacial score (nSPS) is 11.3. The molecule has 0 aliphatic carbocycles. The molecule has 0 saturated heterocycles. The fourth-order valence-electron chi connectivity index (χ4n) is 3.75. The standard InChI is InChI=1S/C28H33FO3/c1-5-30-25-17-15-22(20-27(25)31-6-2)28(3,4)18-10-11-21-14-16-24(29)26(19-21)32-23-12-8-7-9-13-23/h7-9,12-17,19-20H,5-6,10-11,18H2,1-4H3. The molecule has 0 heterocycles. The summed E-state index contributed by atoms with van der Waals surface area (Å²) in [5, 5.41) is 0. The van der Waals surface area contributed by atoms with E-state index in [9.17, 15) is 4.39 Å². The molecule has 0 aliphatic heterocycles. The average Bonchev–Trinajstić information content (AvgIpc) is 2.78. The Kier molecular flexibility index (Phi) is 8.15. The minimum absolute atomic E-state index is 0.0278. The summed E-state index contributed by atoms with van der Waals surface area (Å²) in [5.41, 5.74) is 2.26. The van der Waals surface area contributed by atoms with Gasteiger partial charge in [0, 0.05) is 0 Å². The fraction of sp³-hybridized carbons (Fsp3) is 0.357. The molecule has 0 aliphatic rings. The van der Waals surface area contributed by atoms with Gasteiger partial charge in [-0.3, -0.25) is 0 Å². The first-order valence-electron chi connectivity index (χ1n) is 11.3. The zero-order valence-corrected chi connectivity index (χ0v) is 19.5. The van der Waals surface area contributed by atoms with Crippen LogP contribution in [0.15, 0.2) is 66.7 Å². The molecule has 0 bridgehead atoms. The van der Waals surface area contributed by atoms with E-state index in [2.05, 4.69) is 26.0 Å². The maximum Gasteiger partial charge on any atom is 0.165 e. The Balaban J connectivity index is 1.65. The molecular weight excluding hydrogens is 403 g/mol. The predicted octanol–water partition coefficient (Wildman–Crippen LogP) is 7.72. The Bertz CT molecular complexity index is 999. The number of ether oxygens (including phenoxy) is 3. The molecule has 3 aromatic rings. The van der Waals surface area contributed by atoms with Crippen LogP contribution in [0.3, 0.4) is 0 Å². The highest BCUT2D eigenvalue weighted by atomic mass is 19.1. The van der Waals surface area contributed by atoms with Gasteiger partial charge in [-0.2, -0.15) is 0 Å². The first-order chi connectivity index (χ1) is 15.4. The summed E-state index contributed by atoms with van der Waals surface area (Å²) in [4.78, 5) is 0. The van der Waals surface area contributed by atoms with Gasteiger partial charge in [-0.05, 0) is 86.1 Å². The van der Waals surface area contributed by atoms with E-state index in [4.69, 9.17) is 14.2 Å². The van der Waals surface area contributed by atoms with Crippen LogP contribution < -0.4 is 14.2 Å². The average molecular weight is 437 g/mol. The lowest BCUT2D eigenvalue weighted by molar-refractivity contribution is 0.286. The molecule has 3 aromatic carbocycles. The Morgan fingerprint density at radius 3 is 2.22 bits per heavy atom. The fourth-order valence-corrected chi connectivity index (χ4v) is 3.75.